The molecule has 100 valence electrons. The lowest BCUT2D eigenvalue weighted by Gasteiger charge is -2.27. The van der Waals surface area contributed by atoms with E-state index in [0.717, 1.165) is 22.9 Å². The Morgan fingerprint density at radius 3 is 2.47 bits per heavy atom. The fourth-order valence-electron chi connectivity index (χ4n) is 2.99. The van der Waals surface area contributed by atoms with Crippen LogP contribution in [0.2, 0.25) is 0 Å². The van der Waals surface area contributed by atoms with Crippen LogP contribution in [-0.4, -0.2) is 9.78 Å². The largest absolute Gasteiger partial charge is 0.383 e. The Labute approximate surface area is 114 Å². The Hall–Kier alpha value is -1.77. The van der Waals surface area contributed by atoms with Crippen LogP contribution in [0.3, 0.4) is 0 Å². The lowest BCUT2D eigenvalue weighted by molar-refractivity contribution is 0.276. The molecule has 2 aromatic rings. The first-order valence-electron chi connectivity index (χ1n) is 7.14. The number of anilines is 1. The van der Waals surface area contributed by atoms with Gasteiger partial charge in [-0.05, 0) is 37.2 Å². The van der Waals surface area contributed by atoms with E-state index >= 15 is 0 Å². The lowest BCUT2D eigenvalue weighted by atomic mass is 9.87. The zero-order chi connectivity index (χ0) is 13.2. The number of aromatic nitrogens is 2. The first-order chi connectivity index (χ1) is 9.25. The molecule has 1 aliphatic carbocycles. The van der Waals surface area contributed by atoms with E-state index in [-0.39, 0.29) is 0 Å². The van der Waals surface area contributed by atoms with Crippen LogP contribution in [0.1, 0.15) is 38.6 Å². The number of hydrogen-bond donors (Lipinski definition) is 1. The monoisotopic (exact) mass is 255 g/mol. The number of benzene rings is 1. The molecule has 0 spiro atoms. The van der Waals surface area contributed by atoms with Gasteiger partial charge in [-0.15, -0.1) is 0 Å². The van der Waals surface area contributed by atoms with Gasteiger partial charge < -0.3 is 5.73 Å². The molecule has 0 radical (unpaired) electrons. The maximum absolute atomic E-state index is 6.30. The molecule has 0 saturated heterocycles. The van der Waals surface area contributed by atoms with Gasteiger partial charge in [0.05, 0.1) is 12.2 Å². The van der Waals surface area contributed by atoms with E-state index in [1.54, 1.807) is 0 Å². The van der Waals surface area contributed by atoms with Crippen molar-refractivity contribution in [3.8, 4) is 11.1 Å². The predicted molar refractivity (Wildman–Crippen MR) is 78.7 cm³/mol. The van der Waals surface area contributed by atoms with Gasteiger partial charge in [0, 0.05) is 5.56 Å². The minimum absolute atomic E-state index is 0.480. The second-order valence-corrected chi connectivity index (χ2v) is 5.67. The first-order valence-corrected chi connectivity index (χ1v) is 7.14. The Morgan fingerprint density at radius 2 is 1.79 bits per heavy atom. The van der Waals surface area contributed by atoms with Crippen LogP contribution in [0, 0.1) is 5.92 Å². The third-order valence-corrected chi connectivity index (χ3v) is 4.25. The molecule has 0 bridgehead atoms. The molecule has 3 heteroatoms. The average Bonchev–Trinajstić information content (AvgIpc) is 2.83. The highest BCUT2D eigenvalue weighted by atomic mass is 15.3. The summed E-state index contributed by atoms with van der Waals surface area (Å²) in [5.41, 5.74) is 8.50. The molecule has 3 nitrogen and oxygen atoms in total. The van der Waals surface area contributed by atoms with E-state index in [0.29, 0.717) is 6.04 Å². The Balaban J connectivity index is 1.87. The number of rotatable bonds is 2. The molecule has 0 aliphatic heterocycles. The van der Waals surface area contributed by atoms with Gasteiger partial charge in [0.25, 0.3) is 0 Å². The summed E-state index contributed by atoms with van der Waals surface area (Å²) >= 11 is 0. The third kappa shape index (κ3) is 2.37. The van der Waals surface area contributed by atoms with Crippen LogP contribution in [0.5, 0.6) is 0 Å². The van der Waals surface area contributed by atoms with Crippen molar-refractivity contribution in [2.24, 2.45) is 5.92 Å². The SMILES string of the molecule is C[C@H]1CC[C@@H](n2ncc(-c3ccccc3)c2N)CC1. The zero-order valence-electron chi connectivity index (χ0n) is 11.4. The van der Waals surface area contributed by atoms with E-state index in [4.69, 9.17) is 5.73 Å². The lowest BCUT2D eigenvalue weighted by Crippen LogP contribution is -2.19. The van der Waals surface area contributed by atoms with Crippen LogP contribution in [0.15, 0.2) is 36.5 Å². The van der Waals surface area contributed by atoms with Crippen LogP contribution >= 0.6 is 0 Å². The topological polar surface area (TPSA) is 43.8 Å². The molecule has 1 heterocycles. The van der Waals surface area contributed by atoms with Gasteiger partial charge in [0.15, 0.2) is 0 Å². The van der Waals surface area contributed by atoms with Crippen molar-refractivity contribution in [3.63, 3.8) is 0 Å². The van der Waals surface area contributed by atoms with Gasteiger partial charge in [-0.1, -0.05) is 37.3 Å². The molecule has 0 atom stereocenters. The highest BCUT2D eigenvalue weighted by Crippen LogP contribution is 2.35. The standard InChI is InChI=1S/C16H21N3/c1-12-7-9-14(10-8-12)19-16(17)15(11-18-19)13-5-3-2-4-6-13/h2-6,11-12,14H,7-10,17H2,1H3/t12-,14+. The molecule has 0 amide bonds. The second-order valence-electron chi connectivity index (χ2n) is 5.67. The van der Waals surface area contributed by atoms with Crippen molar-refractivity contribution in [1.82, 2.24) is 9.78 Å². The predicted octanol–water partition coefficient (Wildman–Crippen LogP) is 3.88. The van der Waals surface area contributed by atoms with Gasteiger partial charge in [0.1, 0.15) is 5.82 Å². The minimum atomic E-state index is 0.480. The van der Waals surface area contributed by atoms with Crippen molar-refractivity contribution in [2.45, 2.75) is 38.6 Å². The molecule has 0 unspecified atom stereocenters. The number of hydrogen-bond acceptors (Lipinski definition) is 2. The Bertz CT molecular complexity index is 536. The summed E-state index contributed by atoms with van der Waals surface area (Å²) in [5, 5.41) is 4.53. The molecule has 1 aromatic heterocycles. The molecule has 1 saturated carbocycles. The Kier molecular flexibility index (Phi) is 3.28. The molecule has 2 N–H and O–H groups in total. The Morgan fingerprint density at radius 1 is 1.11 bits per heavy atom. The van der Waals surface area contributed by atoms with E-state index in [2.05, 4.69) is 24.2 Å². The number of nitrogens with two attached hydrogens (primary N) is 1. The van der Waals surface area contributed by atoms with Gasteiger partial charge in [-0.3, -0.25) is 0 Å². The summed E-state index contributed by atoms with van der Waals surface area (Å²) in [5.74, 6) is 1.66. The molecule has 1 aromatic carbocycles. The molecular weight excluding hydrogens is 234 g/mol. The summed E-state index contributed by atoms with van der Waals surface area (Å²) in [4.78, 5) is 0. The van der Waals surface area contributed by atoms with Crippen molar-refractivity contribution >= 4 is 5.82 Å². The van der Waals surface area contributed by atoms with Crippen molar-refractivity contribution in [3.05, 3.63) is 36.5 Å². The van der Waals surface area contributed by atoms with E-state index in [9.17, 15) is 0 Å². The maximum atomic E-state index is 6.30. The summed E-state index contributed by atoms with van der Waals surface area (Å²) in [6.07, 6.45) is 6.86. The van der Waals surface area contributed by atoms with Crippen LogP contribution in [0.25, 0.3) is 11.1 Å². The number of nitrogen functional groups attached to an aromatic ring is 1. The molecule has 19 heavy (non-hydrogen) atoms. The van der Waals surface area contributed by atoms with Crippen LogP contribution in [0.4, 0.5) is 5.82 Å². The molecular formula is C16H21N3. The van der Waals surface area contributed by atoms with Gasteiger partial charge in [0.2, 0.25) is 0 Å². The number of nitrogens with zero attached hydrogens (tertiary/aromatic N) is 2. The molecule has 1 aliphatic rings. The van der Waals surface area contributed by atoms with Gasteiger partial charge in [-0.25, -0.2) is 4.68 Å². The van der Waals surface area contributed by atoms with Crippen molar-refractivity contribution in [1.29, 1.82) is 0 Å². The fraction of sp³-hybridized carbons (Fsp3) is 0.438. The summed E-state index contributed by atoms with van der Waals surface area (Å²) in [6.45, 7) is 2.33. The van der Waals surface area contributed by atoms with Crippen LogP contribution in [-0.2, 0) is 0 Å². The summed E-state index contributed by atoms with van der Waals surface area (Å²) in [6, 6.07) is 10.7. The van der Waals surface area contributed by atoms with Crippen molar-refractivity contribution in [2.75, 3.05) is 5.73 Å². The van der Waals surface area contributed by atoms with E-state index < -0.39 is 0 Å². The third-order valence-electron chi connectivity index (χ3n) is 4.25. The highest BCUT2D eigenvalue weighted by molar-refractivity contribution is 5.73. The maximum Gasteiger partial charge on any atom is 0.129 e. The van der Waals surface area contributed by atoms with Crippen LogP contribution < -0.4 is 5.73 Å². The highest BCUT2D eigenvalue weighted by Gasteiger charge is 2.22. The molecule has 3 rings (SSSR count). The van der Waals surface area contributed by atoms with Crippen molar-refractivity contribution < 1.29 is 0 Å². The smallest absolute Gasteiger partial charge is 0.129 e. The second kappa shape index (κ2) is 5.08. The van der Waals surface area contributed by atoms with E-state index in [1.165, 1.54) is 25.7 Å². The van der Waals surface area contributed by atoms with Gasteiger partial charge in [-0.2, -0.15) is 5.10 Å². The summed E-state index contributed by atoms with van der Waals surface area (Å²) in [7, 11) is 0. The molecule has 1 fully saturated rings. The van der Waals surface area contributed by atoms with E-state index in [1.807, 2.05) is 29.1 Å². The fourth-order valence-corrected chi connectivity index (χ4v) is 2.99. The zero-order valence-corrected chi connectivity index (χ0v) is 11.4. The average molecular weight is 255 g/mol. The first kappa shape index (κ1) is 12.3. The summed E-state index contributed by atoms with van der Waals surface area (Å²) < 4.78 is 2.04. The normalized spacial score (nSPS) is 23.4. The van der Waals surface area contributed by atoms with Gasteiger partial charge >= 0.3 is 0 Å². The quantitative estimate of drug-likeness (QED) is 0.885. The minimum Gasteiger partial charge on any atom is -0.383 e.